The first-order valence-corrected chi connectivity index (χ1v) is 10.0. The molecule has 0 atom stereocenters. The van der Waals surface area contributed by atoms with E-state index in [4.69, 9.17) is 21.6 Å². The van der Waals surface area contributed by atoms with Crippen LogP contribution in [0.5, 0.6) is 0 Å². The molecule has 0 saturated heterocycles. The predicted molar refractivity (Wildman–Crippen MR) is 124 cm³/mol. The zero-order valence-electron chi connectivity index (χ0n) is 16.8. The number of benzene rings is 3. The number of halogens is 1. The molecule has 4 rings (SSSR count). The number of fused-ring (bicyclic) bond motifs is 1. The molecule has 0 spiro atoms. The third-order valence-corrected chi connectivity index (χ3v) is 5.18. The summed E-state index contributed by atoms with van der Waals surface area (Å²) >= 11 is 6.07. The van der Waals surface area contributed by atoms with Crippen LogP contribution in [0.1, 0.15) is 23.6 Å². The Bertz CT molecular complexity index is 1080. The normalized spacial score (nSPS) is 13.0. The van der Waals surface area contributed by atoms with Crippen LogP contribution < -0.4 is 10.2 Å². The van der Waals surface area contributed by atoms with Crippen molar-refractivity contribution < 1.29 is 0 Å². The van der Waals surface area contributed by atoms with Crippen molar-refractivity contribution in [2.24, 2.45) is 9.98 Å². The van der Waals surface area contributed by atoms with Crippen LogP contribution in [0.25, 0.3) is 0 Å². The van der Waals surface area contributed by atoms with Crippen molar-refractivity contribution in [3.63, 3.8) is 0 Å². The van der Waals surface area contributed by atoms with E-state index in [0.29, 0.717) is 10.9 Å². The van der Waals surface area contributed by atoms with E-state index in [2.05, 4.69) is 53.5 Å². The van der Waals surface area contributed by atoms with Crippen LogP contribution in [0.15, 0.2) is 76.7 Å². The molecule has 0 bridgehead atoms. The van der Waals surface area contributed by atoms with E-state index in [9.17, 15) is 0 Å². The van der Waals surface area contributed by atoms with E-state index in [-0.39, 0.29) is 0 Å². The van der Waals surface area contributed by atoms with Gasteiger partial charge in [0, 0.05) is 35.9 Å². The highest BCUT2D eigenvalue weighted by molar-refractivity contribution is 6.30. The van der Waals surface area contributed by atoms with Gasteiger partial charge in [0.1, 0.15) is 5.84 Å². The Balaban J connectivity index is 1.83. The number of nitrogens with one attached hydrogen (secondary N) is 1. The lowest BCUT2D eigenvalue weighted by atomic mass is 10.1. The quantitative estimate of drug-likeness (QED) is 0.588. The van der Waals surface area contributed by atoms with Gasteiger partial charge in [-0.3, -0.25) is 0 Å². The van der Waals surface area contributed by atoms with E-state index in [0.717, 1.165) is 40.4 Å². The molecular formula is C24H23ClN4. The maximum atomic E-state index is 6.07. The molecule has 0 amide bonds. The summed E-state index contributed by atoms with van der Waals surface area (Å²) in [5.41, 5.74) is 6.16. The van der Waals surface area contributed by atoms with Gasteiger partial charge >= 0.3 is 0 Å². The highest BCUT2D eigenvalue weighted by atomic mass is 35.5. The fraction of sp³-hybridized carbons (Fsp3) is 0.167. The highest BCUT2D eigenvalue weighted by Crippen LogP contribution is 2.31. The van der Waals surface area contributed by atoms with Gasteiger partial charge in [0.25, 0.3) is 0 Å². The zero-order chi connectivity index (χ0) is 20.4. The summed E-state index contributed by atoms with van der Waals surface area (Å²) in [6.45, 7) is 2.15. The fourth-order valence-corrected chi connectivity index (χ4v) is 3.31. The topological polar surface area (TPSA) is 40.0 Å². The number of rotatable bonds is 4. The minimum absolute atomic E-state index is 0.656. The maximum absolute atomic E-state index is 6.07. The molecule has 0 aliphatic carbocycles. The molecule has 4 nitrogen and oxygen atoms in total. The molecule has 0 aromatic heterocycles. The van der Waals surface area contributed by atoms with Gasteiger partial charge in [-0.05, 0) is 72.6 Å². The first-order valence-electron chi connectivity index (χ1n) is 9.64. The van der Waals surface area contributed by atoms with Gasteiger partial charge in [-0.1, -0.05) is 24.6 Å². The van der Waals surface area contributed by atoms with Crippen molar-refractivity contribution >= 4 is 40.3 Å². The molecule has 0 unspecified atom stereocenters. The summed E-state index contributed by atoms with van der Waals surface area (Å²) in [5, 5.41) is 4.20. The average molecular weight is 403 g/mol. The molecule has 0 radical (unpaired) electrons. The SMILES string of the molecule is CCc1ccc2c(c1)NC(c1ccc(N(C)C)cc1)=NC(c1ccc(Cl)cc1)=N2. The van der Waals surface area contributed by atoms with E-state index < -0.39 is 0 Å². The molecule has 29 heavy (non-hydrogen) atoms. The molecule has 1 aliphatic heterocycles. The van der Waals surface area contributed by atoms with Gasteiger partial charge in [-0.2, -0.15) is 0 Å². The van der Waals surface area contributed by atoms with Crippen molar-refractivity contribution in [2.75, 3.05) is 24.3 Å². The summed E-state index contributed by atoms with van der Waals surface area (Å²) in [7, 11) is 4.06. The maximum Gasteiger partial charge on any atom is 0.162 e. The minimum atomic E-state index is 0.656. The van der Waals surface area contributed by atoms with Crippen molar-refractivity contribution in [1.29, 1.82) is 0 Å². The molecule has 5 heteroatoms. The van der Waals surface area contributed by atoms with Crippen LogP contribution in [-0.4, -0.2) is 25.8 Å². The number of hydrogen-bond donors (Lipinski definition) is 1. The second-order valence-electron chi connectivity index (χ2n) is 7.17. The molecule has 146 valence electrons. The van der Waals surface area contributed by atoms with Gasteiger partial charge < -0.3 is 10.2 Å². The van der Waals surface area contributed by atoms with Crippen LogP contribution in [-0.2, 0) is 6.42 Å². The van der Waals surface area contributed by atoms with Gasteiger partial charge in [-0.15, -0.1) is 0 Å². The lowest BCUT2D eigenvalue weighted by molar-refractivity contribution is 1.13. The van der Waals surface area contributed by atoms with Gasteiger partial charge in [0.15, 0.2) is 5.84 Å². The van der Waals surface area contributed by atoms with E-state index in [1.807, 2.05) is 44.4 Å². The first kappa shape index (κ1) is 19.2. The number of aliphatic imine (C=N–C) groups is 2. The van der Waals surface area contributed by atoms with Crippen LogP contribution >= 0.6 is 11.6 Å². The molecule has 3 aromatic rings. The molecule has 1 N–H and O–H groups in total. The Labute approximate surface area is 176 Å². The van der Waals surface area contributed by atoms with Crippen molar-refractivity contribution in [1.82, 2.24) is 0 Å². The summed E-state index contributed by atoms with van der Waals surface area (Å²) < 4.78 is 0. The number of aryl methyl sites for hydroxylation is 1. The molecule has 0 fully saturated rings. The second-order valence-corrected chi connectivity index (χ2v) is 7.61. The van der Waals surface area contributed by atoms with E-state index >= 15 is 0 Å². The van der Waals surface area contributed by atoms with Gasteiger partial charge in [-0.25, -0.2) is 9.98 Å². The lowest BCUT2D eigenvalue weighted by Gasteiger charge is -2.14. The second kappa shape index (κ2) is 8.10. The molecule has 3 aromatic carbocycles. The standard InChI is InChI=1S/C24H23ClN4/c1-4-16-5-14-21-22(15-16)27-24(18-8-12-20(13-9-18)29(2)3)28-23(26-21)17-6-10-19(25)11-7-17/h5-15H,4H2,1-3H3,(H,26,27,28). The number of hydrogen-bond acceptors (Lipinski definition) is 4. The minimum Gasteiger partial charge on any atom is -0.378 e. The molecule has 1 aliphatic rings. The van der Waals surface area contributed by atoms with Crippen LogP contribution in [0, 0.1) is 0 Å². The predicted octanol–water partition coefficient (Wildman–Crippen LogP) is 5.92. The smallest absolute Gasteiger partial charge is 0.162 e. The van der Waals surface area contributed by atoms with Crippen LogP contribution in [0.2, 0.25) is 5.02 Å². The number of anilines is 2. The monoisotopic (exact) mass is 402 g/mol. The van der Waals surface area contributed by atoms with Crippen molar-refractivity contribution in [3.05, 3.63) is 88.4 Å². The van der Waals surface area contributed by atoms with Crippen LogP contribution in [0.4, 0.5) is 17.1 Å². The molecule has 1 heterocycles. The summed E-state index contributed by atoms with van der Waals surface area (Å²) in [6.07, 6.45) is 0.965. The Kier molecular flexibility index (Phi) is 5.36. The van der Waals surface area contributed by atoms with Crippen LogP contribution in [0.3, 0.4) is 0 Å². The Morgan fingerprint density at radius 2 is 1.55 bits per heavy atom. The van der Waals surface area contributed by atoms with E-state index in [1.54, 1.807) is 0 Å². The lowest BCUT2D eigenvalue weighted by Crippen LogP contribution is -2.15. The number of amidine groups is 2. The first-order chi connectivity index (χ1) is 14.0. The van der Waals surface area contributed by atoms with E-state index in [1.165, 1.54) is 5.56 Å². The zero-order valence-corrected chi connectivity index (χ0v) is 17.5. The Morgan fingerprint density at radius 1 is 0.862 bits per heavy atom. The van der Waals surface area contributed by atoms with Crippen molar-refractivity contribution in [3.8, 4) is 0 Å². The third-order valence-electron chi connectivity index (χ3n) is 4.93. The Hall–Kier alpha value is -3.11. The highest BCUT2D eigenvalue weighted by Gasteiger charge is 2.16. The van der Waals surface area contributed by atoms with Gasteiger partial charge in [0.2, 0.25) is 0 Å². The average Bonchev–Trinajstić information content (AvgIpc) is 2.93. The molecular weight excluding hydrogens is 380 g/mol. The molecule has 0 saturated carbocycles. The summed E-state index contributed by atoms with van der Waals surface area (Å²) in [4.78, 5) is 11.8. The largest absolute Gasteiger partial charge is 0.378 e. The third kappa shape index (κ3) is 4.17. The fourth-order valence-electron chi connectivity index (χ4n) is 3.18. The summed E-state index contributed by atoms with van der Waals surface area (Å²) in [6, 6.07) is 22.3. The van der Waals surface area contributed by atoms with Gasteiger partial charge in [0.05, 0.1) is 11.4 Å². The Morgan fingerprint density at radius 3 is 2.21 bits per heavy atom. The summed E-state index contributed by atoms with van der Waals surface area (Å²) in [5.74, 6) is 1.43. The number of nitrogens with zero attached hydrogens (tertiary/aromatic N) is 3. The van der Waals surface area contributed by atoms with Crippen molar-refractivity contribution in [2.45, 2.75) is 13.3 Å².